The number of thiocarbonyl (C=S) groups is 1. The Balaban J connectivity index is 1.39. The number of rotatable bonds is 4. The summed E-state index contributed by atoms with van der Waals surface area (Å²) in [4.78, 5) is 3.62. The SMILES string of the molecule is COc1cc(C)ccc1C(=S)N[C@H]1CCN(C2C3CCCC2CCC3)C1. The summed E-state index contributed by atoms with van der Waals surface area (Å²) in [6.45, 7) is 4.45. The number of nitrogens with one attached hydrogen (secondary N) is 1. The molecule has 4 heteroatoms. The van der Waals surface area contributed by atoms with Crippen molar-refractivity contribution in [2.24, 2.45) is 11.8 Å². The molecule has 1 N–H and O–H groups in total. The minimum Gasteiger partial charge on any atom is -0.496 e. The van der Waals surface area contributed by atoms with Crippen molar-refractivity contribution in [2.45, 2.75) is 64.0 Å². The summed E-state index contributed by atoms with van der Waals surface area (Å²) >= 11 is 5.72. The van der Waals surface area contributed by atoms with E-state index in [4.69, 9.17) is 17.0 Å². The van der Waals surface area contributed by atoms with Gasteiger partial charge in [0.1, 0.15) is 10.7 Å². The van der Waals surface area contributed by atoms with Gasteiger partial charge in [-0.05, 0) is 68.6 Å². The quantitative estimate of drug-likeness (QED) is 0.796. The van der Waals surface area contributed by atoms with Gasteiger partial charge in [0.25, 0.3) is 0 Å². The highest BCUT2D eigenvalue weighted by Gasteiger charge is 2.41. The smallest absolute Gasteiger partial charge is 0.129 e. The van der Waals surface area contributed by atoms with Gasteiger partial charge >= 0.3 is 0 Å². The van der Waals surface area contributed by atoms with Gasteiger partial charge in [-0.3, -0.25) is 4.90 Å². The Morgan fingerprint density at radius 1 is 1.12 bits per heavy atom. The Kier molecular flexibility index (Phi) is 5.51. The number of methoxy groups -OCH3 is 1. The van der Waals surface area contributed by atoms with E-state index >= 15 is 0 Å². The number of benzene rings is 1. The molecule has 2 saturated carbocycles. The maximum atomic E-state index is 5.72. The van der Waals surface area contributed by atoms with E-state index in [0.29, 0.717) is 6.04 Å². The Morgan fingerprint density at radius 2 is 1.81 bits per heavy atom. The topological polar surface area (TPSA) is 24.5 Å². The molecule has 1 aromatic carbocycles. The molecule has 1 aromatic rings. The van der Waals surface area contributed by atoms with Crippen molar-refractivity contribution in [1.29, 1.82) is 0 Å². The monoisotopic (exact) mass is 372 g/mol. The lowest BCUT2D eigenvalue weighted by Crippen LogP contribution is -2.50. The zero-order valence-corrected chi connectivity index (χ0v) is 17.0. The van der Waals surface area contributed by atoms with E-state index in [1.165, 1.54) is 57.1 Å². The van der Waals surface area contributed by atoms with Crippen LogP contribution in [0.1, 0.15) is 56.1 Å². The molecule has 3 fully saturated rings. The highest BCUT2D eigenvalue weighted by molar-refractivity contribution is 7.80. The third-order valence-corrected chi connectivity index (χ3v) is 7.18. The number of nitrogens with zero attached hydrogens (tertiary/aromatic N) is 1. The van der Waals surface area contributed by atoms with Gasteiger partial charge < -0.3 is 10.1 Å². The Bertz CT molecular complexity index is 640. The van der Waals surface area contributed by atoms with Crippen LogP contribution in [0.15, 0.2) is 18.2 Å². The van der Waals surface area contributed by atoms with Crippen molar-refractivity contribution in [3.05, 3.63) is 29.3 Å². The van der Waals surface area contributed by atoms with E-state index in [1.807, 2.05) is 0 Å². The summed E-state index contributed by atoms with van der Waals surface area (Å²) in [5.74, 6) is 2.77. The second-order valence-corrected chi connectivity index (χ2v) is 8.94. The molecule has 0 unspecified atom stereocenters. The van der Waals surface area contributed by atoms with Gasteiger partial charge in [0.05, 0.1) is 12.7 Å². The predicted molar refractivity (Wildman–Crippen MR) is 111 cm³/mol. The van der Waals surface area contributed by atoms with Crippen LogP contribution in [-0.2, 0) is 0 Å². The van der Waals surface area contributed by atoms with E-state index in [9.17, 15) is 0 Å². The average Bonchev–Trinajstić information content (AvgIpc) is 3.08. The lowest BCUT2D eigenvalue weighted by Gasteiger charge is -2.47. The van der Waals surface area contributed by atoms with Crippen molar-refractivity contribution in [2.75, 3.05) is 20.2 Å². The van der Waals surface area contributed by atoms with Gasteiger partial charge in [0.2, 0.25) is 0 Å². The molecule has 4 rings (SSSR count). The zero-order valence-electron chi connectivity index (χ0n) is 16.2. The lowest BCUT2D eigenvalue weighted by atomic mass is 9.68. The minimum atomic E-state index is 0.469. The van der Waals surface area contributed by atoms with Gasteiger partial charge in [-0.25, -0.2) is 0 Å². The summed E-state index contributed by atoms with van der Waals surface area (Å²) in [6, 6.07) is 7.56. The number of likely N-dealkylation sites (tertiary alicyclic amines) is 1. The number of fused-ring (bicyclic) bond motifs is 2. The molecule has 2 bridgehead atoms. The summed E-state index contributed by atoms with van der Waals surface area (Å²) in [5, 5.41) is 3.63. The highest BCUT2D eigenvalue weighted by atomic mass is 32.1. The second-order valence-electron chi connectivity index (χ2n) is 8.53. The summed E-state index contributed by atoms with van der Waals surface area (Å²) in [5.41, 5.74) is 2.21. The van der Waals surface area contributed by atoms with Gasteiger partial charge in [0.15, 0.2) is 0 Å². The molecule has 142 valence electrons. The molecule has 2 aliphatic carbocycles. The highest BCUT2D eigenvalue weighted by Crippen LogP contribution is 2.43. The fourth-order valence-electron chi connectivity index (χ4n) is 5.66. The van der Waals surface area contributed by atoms with Crippen LogP contribution in [0.3, 0.4) is 0 Å². The number of hydrogen-bond donors (Lipinski definition) is 1. The van der Waals surface area contributed by atoms with E-state index in [1.54, 1.807) is 7.11 Å². The van der Waals surface area contributed by atoms with E-state index in [2.05, 4.69) is 35.3 Å². The van der Waals surface area contributed by atoms with Crippen LogP contribution in [0.25, 0.3) is 0 Å². The van der Waals surface area contributed by atoms with Gasteiger partial charge in [0, 0.05) is 25.2 Å². The second kappa shape index (κ2) is 7.85. The van der Waals surface area contributed by atoms with Gasteiger partial charge in [-0.1, -0.05) is 31.1 Å². The molecule has 0 aromatic heterocycles. The minimum absolute atomic E-state index is 0.469. The normalized spacial score (nSPS) is 31.6. The third-order valence-electron chi connectivity index (χ3n) is 6.84. The van der Waals surface area contributed by atoms with Gasteiger partial charge in [-0.15, -0.1) is 0 Å². The molecule has 0 amide bonds. The number of aryl methyl sites for hydroxylation is 1. The fourth-order valence-corrected chi connectivity index (χ4v) is 6.00. The van der Waals surface area contributed by atoms with Crippen LogP contribution in [0.4, 0.5) is 0 Å². The van der Waals surface area contributed by atoms with Crippen molar-refractivity contribution >= 4 is 17.2 Å². The third kappa shape index (κ3) is 3.63. The Labute approximate surface area is 163 Å². The molecule has 0 radical (unpaired) electrons. The molecule has 0 spiro atoms. The predicted octanol–water partition coefficient (Wildman–Crippen LogP) is 4.31. The van der Waals surface area contributed by atoms with Crippen LogP contribution in [0, 0.1) is 18.8 Å². The first-order chi connectivity index (χ1) is 12.7. The molecule has 1 aliphatic heterocycles. The Hall–Kier alpha value is -1.13. The number of ether oxygens (including phenoxy) is 1. The molecule has 1 heterocycles. The molecule has 3 nitrogen and oxygen atoms in total. The van der Waals surface area contributed by atoms with Crippen LogP contribution in [0.5, 0.6) is 5.75 Å². The molecule has 3 aliphatic rings. The average molecular weight is 373 g/mol. The molecule has 1 saturated heterocycles. The van der Waals surface area contributed by atoms with Crippen LogP contribution >= 0.6 is 12.2 Å². The summed E-state index contributed by atoms with van der Waals surface area (Å²) < 4.78 is 5.54. The van der Waals surface area contributed by atoms with E-state index in [0.717, 1.165) is 40.7 Å². The number of hydrogen-bond acceptors (Lipinski definition) is 3. The van der Waals surface area contributed by atoms with Crippen LogP contribution in [0.2, 0.25) is 0 Å². The standard InChI is InChI=1S/C22H32N2OS/c1-15-9-10-19(20(13-15)25-2)22(26)23-18-11-12-24(14-18)21-16-5-3-6-17(21)8-4-7-16/h9-10,13,16-18,21H,3-8,11-12,14H2,1-2H3,(H,23,26)/t16?,17?,18-,21?/m0/s1. The van der Waals surface area contributed by atoms with Crippen molar-refractivity contribution in [3.8, 4) is 5.75 Å². The van der Waals surface area contributed by atoms with Crippen molar-refractivity contribution < 1.29 is 4.74 Å². The first-order valence-corrected chi connectivity index (χ1v) is 10.8. The lowest BCUT2D eigenvalue weighted by molar-refractivity contribution is 0.0350. The summed E-state index contributed by atoms with van der Waals surface area (Å²) in [7, 11) is 1.72. The molecular weight excluding hydrogens is 340 g/mol. The van der Waals surface area contributed by atoms with E-state index in [-0.39, 0.29) is 0 Å². The van der Waals surface area contributed by atoms with Crippen LogP contribution < -0.4 is 10.1 Å². The fraction of sp³-hybridized carbons (Fsp3) is 0.682. The molecular formula is C22H32N2OS. The van der Waals surface area contributed by atoms with E-state index < -0.39 is 0 Å². The summed E-state index contributed by atoms with van der Waals surface area (Å²) in [6.07, 6.45) is 9.93. The van der Waals surface area contributed by atoms with Crippen molar-refractivity contribution in [1.82, 2.24) is 10.2 Å². The Morgan fingerprint density at radius 3 is 2.46 bits per heavy atom. The maximum absolute atomic E-state index is 5.72. The molecule has 26 heavy (non-hydrogen) atoms. The zero-order chi connectivity index (χ0) is 18.1. The van der Waals surface area contributed by atoms with Gasteiger partial charge in [-0.2, -0.15) is 0 Å². The first kappa shape index (κ1) is 18.2. The largest absolute Gasteiger partial charge is 0.496 e. The van der Waals surface area contributed by atoms with Crippen molar-refractivity contribution in [3.63, 3.8) is 0 Å². The van der Waals surface area contributed by atoms with Crippen LogP contribution in [-0.4, -0.2) is 42.2 Å². The maximum Gasteiger partial charge on any atom is 0.129 e. The first-order valence-electron chi connectivity index (χ1n) is 10.4. The molecule has 1 atom stereocenters.